The fraction of sp³-hybridized carbons (Fsp3) is 0.235. The van der Waals surface area contributed by atoms with Gasteiger partial charge in [-0.3, -0.25) is 4.79 Å². The van der Waals surface area contributed by atoms with Crippen LogP contribution in [0.15, 0.2) is 46.9 Å². The lowest BCUT2D eigenvalue weighted by molar-refractivity contribution is -0.115. The van der Waals surface area contributed by atoms with Crippen LogP contribution in [0.1, 0.15) is 13.8 Å². The Morgan fingerprint density at radius 2 is 2.12 bits per heavy atom. The number of nitrogens with zero attached hydrogens (tertiary/aromatic N) is 3. The maximum Gasteiger partial charge on any atom is 0.237 e. The van der Waals surface area contributed by atoms with Crippen molar-refractivity contribution < 1.29 is 4.79 Å². The Morgan fingerprint density at radius 1 is 1.32 bits per heavy atom. The topological polar surface area (TPSA) is 59.8 Å². The van der Waals surface area contributed by atoms with E-state index in [1.165, 1.54) is 11.8 Å². The molecule has 0 fully saturated rings. The quantitative estimate of drug-likeness (QED) is 0.612. The van der Waals surface area contributed by atoms with E-state index < -0.39 is 0 Å². The average Bonchev–Trinajstić information content (AvgIpc) is 3.25. The van der Waals surface area contributed by atoms with Crippen molar-refractivity contribution in [3.8, 4) is 10.7 Å². The summed E-state index contributed by atoms with van der Waals surface area (Å²) in [5, 5.41) is 14.3. The van der Waals surface area contributed by atoms with E-state index in [4.69, 9.17) is 11.6 Å². The Morgan fingerprint density at radius 3 is 2.80 bits per heavy atom. The highest BCUT2D eigenvalue weighted by Crippen LogP contribution is 2.30. The average molecular weight is 393 g/mol. The molecule has 2 heterocycles. The van der Waals surface area contributed by atoms with Gasteiger partial charge in [0, 0.05) is 6.54 Å². The third-order valence-electron chi connectivity index (χ3n) is 3.56. The molecule has 0 spiro atoms. The van der Waals surface area contributed by atoms with Crippen LogP contribution in [0.5, 0.6) is 0 Å². The second-order valence-corrected chi connectivity index (χ2v) is 7.92. The Labute approximate surface area is 159 Å². The summed E-state index contributed by atoms with van der Waals surface area (Å²) in [6.45, 7) is 4.62. The summed E-state index contributed by atoms with van der Waals surface area (Å²) in [5.74, 6) is 0.708. The number of aromatic nitrogens is 3. The molecule has 2 aromatic heterocycles. The summed E-state index contributed by atoms with van der Waals surface area (Å²) in [5.41, 5.74) is 0.609. The molecule has 0 bridgehead atoms. The second kappa shape index (κ2) is 8.03. The number of nitrogens with one attached hydrogen (secondary N) is 1. The van der Waals surface area contributed by atoms with Crippen LogP contribution in [0.2, 0.25) is 5.02 Å². The molecule has 0 saturated heterocycles. The van der Waals surface area contributed by atoms with Gasteiger partial charge in [0.2, 0.25) is 5.91 Å². The van der Waals surface area contributed by atoms with Crippen LogP contribution in [0.3, 0.4) is 0 Å². The summed E-state index contributed by atoms with van der Waals surface area (Å²) >= 11 is 9.10. The molecule has 3 rings (SSSR count). The Bertz CT molecular complexity index is 863. The Hall–Kier alpha value is -1.83. The van der Waals surface area contributed by atoms with Gasteiger partial charge in [0.1, 0.15) is 0 Å². The molecule has 0 aliphatic heterocycles. The minimum atomic E-state index is -0.332. The second-order valence-electron chi connectivity index (χ2n) is 5.26. The predicted octanol–water partition coefficient (Wildman–Crippen LogP) is 4.80. The van der Waals surface area contributed by atoms with Crippen molar-refractivity contribution in [1.29, 1.82) is 0 Å². The summed E-state index contributed by atoms with van der Waals surface area (Å²) in [6.07, 6.45) is 0. The van der Waals surface area contributed by atoms with Gasteiger partial charge in [-0.25, -0.2) is 0 Å². The van der Waals surface area contributed by atoms with Crippen molar-refractivity contribution in [3.63, 3.8) is 0 Å². The van der Waals surface area contributed by atoms with Crippen LogP contribution in [0.25, 0.3) is 10.7 Å². The first-order chi connectivity index (χ1) is 12.1. The van der Waals surface area contributed by atoms with Gasteiger partial charge in [-0.2, -0.15) is 0 Å². The Kier molecular flexibility index (Phi) is 5.78. The molecule has 0 aliphatic rings. The van der Waals surface area contributed by atoms with E-state index in [1.807, 2.05) is 48.1 Å². The zero-order valence-corrected chi connectivity index (χ0v) is 16.2. The van der Waals surface area contributed by atoms with E-state index in [1.54, 1.807) is 23.5 Å². The number of rotatable bonds is 6. The van der Waals surface area contributed by atoms with Crippen LogP contribution in [0, 0.1) is 0 Å². The first-order valence-corrected chi connectivity index (χ1v) is 9.93. The number of benzene rings is 1. The third kappa shape index (κ3) is 4.05. The number of carbonyl (C=O) groups is 1. The standard InChI is InChI=1S/C17H17ClN4OS2/c1-3-22-15(14-9-6-10-24-14)20-21-17(22)25-11(2)16(23)19-13-8-5-4-7-12(13)18/h4-11H,3H2,1-2H3,(H,19,23)/t11-/m1/s1. The molecule has 1 N–H and O–H groups in total. The number of para-hydroxylation sites is 1. The number of anilines is 1. The van der Waals surface area contributed by atoms with Crippen molar-refractivity contribution in [2.75, 3.05) is 5.32 Å². The van der Waals surface area contributed by atoms with E-state index >= 15 is 0 Å². The van der Waals surface area contributed by atoms with E-state index in [9.17, 15) is 4.79 Å². The maximum atomic E-state index is 12.5. The Balaban J connectivity index is 1.74. The van der Waals surface area contributed by atoms with Crippen LogP contribution in [-0.2, 0) is 11.3 Å². The largest absolute Gasteiger partial charge is 0.324 e. The van der Waals surface area contributed by atoms with E-state index in [0.29, 0.717) is 10.7 Å². The van der Waals surface area contributed by atoms with Gasteiger partial charge >= 0.3 is 0 Å². The number of halogens is 1. The molecule has 0 unspecified atom stereocenters. The lowest BCUT2D eigenvalue weighted by atomic mass is 10.3. The number of thioether (sulfide) groups is 1. The van der Waals surface area contributed by atoms with Gasteiger partial charge in [-0.05, 0) is 37.4 Å². The SMILES string of the molecule is CCn1c(S[C@H](C)C(=O)Nc2ccccc2Cl)nnc1-c1cccs1. The van der Waals surface area contributed by atoms with E-state index in [0.717, 1.165) is 22.4 Å². The molecule has 25 heavy (non-hydrogen) atoms. The monoisotopic (exact) mass is 392 g/mol. The van der Waals surface area contributed by atoms with Gasteiger partial charge in [0.05, 0.1) is 20.8 Å². The first kappa shape index (κ1) is 18.0. The van der Waals surface area contributed by atoms with Gasteiger partial charge in [0.25, 0.3) is 0 Å². The molecule has 1 aromatic carbocycles. The van der Waals surface area contributed by atoms with Crippen LogP contribution >= 0.6 is 34.7 Å². The molecule has 1 atom stereocenters. The molecular formula is C17H17ClN4OS2. The van der Waals surface area contributed by atoms with Crippen LogP contribution < -0.4 is 5.32 Å². The minimum Gasteiger partial charge on any atom is -0.324 e. The molecule has 5 nitrogen and oxygen atoms in total. The van der Waals surface area contributed by atoms with Crippen LogP contribution in [0.4, 0.5) is 5.69 Å². The molecule has 130 valence electrons. The van der Waals surface area contributed by atoms with E-state index in [2.05, 4.69) is 15.5 Å². The lowest BCUT2D eigenvalue weighted by Crippen LogP contribution is -2.23. The number of amides is 1. The molecule has 0 aliphatic carbocycles. The highest BCUT2D eigenvalue weighted by Gasteiger charge is 2.21. The van der Waals surface area contributed by atoms with E-state index in [-0.39, 0.29) is 11.2 Å². The number of hydrogen-bond donors (Lipinski definition) is 1. The normalized spacial score (nSPS) is 12.1. The number of carbonyl (C=O) groups excluding carboxylic acids is 1. The van der Waals surface area contributed by atoms with Gasteiger partial charge in [-0.15, -0.1) is 21.5 Å². The van der Waals surface area contributed by atoms with Crippen molar-refractivity contribution in [2.45, 2.75) is 30.8 Å². The maximum absolute atomic E-state index is 12.5. The zero-order chi connectivity index (χ0) is 17.8. The molecule has 1 amide bonds. The van der Waals surface area contributed by atoms with Crippen molar-refractivity contribution in [2.24, 2.45) is 0 Å². The molecule has 3 aromatic rings. The highest BCUT2D eigenvalue weighted by molar-refractivity contribution is 8.00. The van der Waals surface area contributed by atoms with Crippen molar-refractivity contribution in [1.82, 2.24) is 14.8 Å². The first-order valence-electron chi connectivity index (χ1n) is 7.79. The predicted molar refractivity (Wildman–Crippen MR) is 104 cm³/mol. The minimum absolute atomic E-state index is 0.124. The highest BCUT2D eigenvalue weighted by atomic mass is 35.5. The fourth-order valence-electron chi connectivity index (χ4n) is 2.26. The van der Waals surface area contributed by atoms with Gasteiger partial charge in [0.15, 0.2) is 11.0 Å². The van der Waals surface area contributed by atoms with Crippen LogP contribution in [-0.4, -0.2) is 25.9 Å². The summed E-state index contributed by atoms with van der Waals surface area (Å²) in [6, 6.07) is 11.2. The smallest absolute Gasteiger partial charge is 0.237 e. The number of hydrogen-bond acceptors (Lipinski definition) is 5. The van der Waals surface area contributed by atoms with Crippen molar-refractivity contribution in [3.05, 3.63) is 46.8 Å². The third-order valence-corrected chi connectivity index (χ3v) is 5.83. The molecular weight excluding hydrogens is 376 g/mol. The molecule has 0 radical (unpaired) electrons. The molecule has 0 saturated carbocycles. The van der Waals surface area contributed by atoms with Gasteiger partial charge in [-0.1, -0.05) is 41.6 Å². The lowest BCUT2D eigenvalue weighted by Gasteiger charge is -2.13. The van der Waals surface area contributed by atoms with Gasteiger partial charge < -0.3 is 9.88 Å². The summed E-state index contributed by atoms with van der Waals surface area (Å²) in [7, 11) is 0. The molecule has 8 heteroatoms. The summed E-state index contributed by atoms with van der Waals surface area (Å²) in [4.78, 5) is 13.5. The fourth-order valence-corrected chi connectivity index (χ4v) is 4.07. The zero-order valence-electron chi connectivity index (χ0n) is 13.8. The van der Waals surface area contributed by atoms with Crippen molar-refractivity contribution >= 4 is 46.3 Å². The summed E-state index contributed by atoms with van der Waals surface area (Å²) < 4.78 is 2.02. The number of thiophene rings is 1.